The van der Waals surface area contributed by atoms with E-state index >= 15 is 0 Å². The van der Waals surface area contributed by atoms with Crippen LogP contribution in [-0.4, -0.2) is 12.1 Å². The number of ether oxygens (including phenoxy) is 1. The molecule has 1 aliphatic rings. The molecule has 1 fully saturated rings. The van der Waals surface area contributed by atoms with Crippen molar-refractivity contribution in [1.29, 1.82) is 0 Å². The molecule has 0 spiro atoms. The van der Waals surface area contributed by atoms with Crippen LogP contribution in [0.2, 0.25) is 0 Å². The second-order valence-electron chi connectivity index (χ2n) is 5.81. The number of hydrogen-bond donors (Lipinski definition) is 2. The van der Waals surface area contributed by atoms with E-state index in [1.165, 1.54) is 30.3 Å². The third kappa shape index (κ3) is 2.12. The van der Waals surface area contributed by atoms with Crippen molar-refractivity contribution in [2.24, 2.45) is 5.73 Å². The molecule has 0 saturated heterocycles. The summed E-state index contributed by atoms with van der Waals surface area (Å²) in [6, 6.07) is 6.44. The number of aromatic nitrogens is 1. The van der Waals surface area contributed by atoms with Crippen LogP contribution in [-0.2, 0) is 5.54 Å². The number of H-pyrrole nitrogens is 1. The Morgan fingerprint density at radius 2 is 1.89 bits per heavy atom. The zero-order chi connectivity index (χ0) is 13.5. The van der Waals surface area contributed by atoms with Gasteiger partial charge in [0.2, 0.25) is 0 Å². The second-order valence-corrected chi connectivity index (χ2v) is 5.81. The number of fused-ring (bicyclic) bond motifs is 1. The van der Waals surface area contributed by atoms with Crippen molar-refractivity contribution in [2.45, 2.75) is 44.6 Å². The lowest BCUT2D eigenvalue weighted by Gasteiger charge is -2.35. The first-order valence-electron chi connectivity index (χ1n) is 7.09. The Labute approximate surface area is 114 Å². The molecule has 19 heavy (non-hydrogen) atoms. The van der Waals surface area contributed by atoms with Crippen molar-refractivity contribution < 1.29 is 4.74 Å². The highest BCUT2D eigenvalue weighted by molar-refractivity contribution is 5.83. The molecule has 0 amide bonds. The van der Waals surface area contributed by atoms with Gasteiger partial charge in [0.25, 0.3) is 0 Å². The number of rotatable bonds is 2. The van der Waals surface area contributed by atoms with Gasteiger partial charge in [-0.1, -0.05) is 19.3 Å². The van der Waals surface area contributed by atoms with Crippen molar-refractivity contribution in [1.82, 2.24) is 4.98 Å². The highest BCUT2D eigenvalue weighted by Gasteiger charge is 2.32. The maximum absolute atomic E-state index is 6.66. The second kappa shape index (κ2) is 4.57. The first-order valence-corrected chi connectivity index (χ1v) is 7.09. The average Bonchev–Trinajstić information content (AvgIpc) is 2.77. The van der Waals surface area contributed by atoms with Gasteiger partial charge in [0, 0.05) is 27.7 Å². The Balaban J connectivity index is 2.14. The van der Waals surface area contributed by atoms with Crippen molar-refractivity contribution in [2.75, 3.05) is 7.11 Å². The van der Waals surface area contributed by atoms with Crippen LogP contribution >= 0.6 is 0 Å². The number of nitrogens with two attached hydrogens (primary N) is 1. The molecule has 1 aromatic heterocycles. The summed E-state index contributed by atoms with van der Waals surface area (Å²) in [5.41, 5.74) is 9.92. The maximum Gasteiger partial charge on any atom is 0.124 e. The summed E-state index contributed by atoms with van der Waals surface area (Å²) < 4.78 is 5.59. The van der Waals surface area contributed by atoms with Crippen molar-refractivity contribution >= 4 is 10.9 Å². The van der Waals surface area contributed by atoms with Crippen LogP contribution in [0.4, 0.5) is 0 Å². The van der Waals surface area contributed by atoms with E-state index in [-0.39, 0.29) is 5.54 Å². The summed E-state index contributed by atoms with van der Waals surface area (Å²) in [6.45, 7) is 2.07. The summed E-state index contributed by atoms with van der Waals surface area (Å²) in [6.07, 6.45) is 5.82. The van der Waals surface area contributed by atoms with Crippen molar-refractivity contribution in [3.63, 3.8) is 0 Å². The van der Waals surface area contributed by atoms with Gasteiger partial charge < -0.3 is 15.5 Å². The Morgan fingerprint density at radius 3 is 2.58 bits per heavy atom. The largest absolute Gasteiger partial charge is 0.496 e. The van der Waals surface area contributed by atoms with Crippen molar-refractivity contribution in [3.05, 3.63) is 29.5 Å². The van der Waals surface area contributed by atoms with E-state index in [0.717, 1.165) is 29.7 Å². The molecular weight excluding hydrogens is 236 g/mol. The highest BCUT2D eigenvalue weighted by Crippen LogP contribution is 2.40. The minimum atomic E-state index is -0.225. The smallest absolute Gasteiger partial charge is 0.124 e. The van der Waals surface area contributed by atoms with Crippen LogP contribution in [0.25, 0.3) is 10.9 Å². The summed E-state index contributed by atoms with van der Waals surface area (Å²) in [5, 5.41) is 1.19. The van der Waals surface area contributed by atoms with E-state index in [4.69, 9.17) is 10.5 Å². The Hall–Kier alpha value is -1.48. The quantitative estimate of drug-likeness (QED) is 0.864. The molecule has 1 aliphatic carbocycles. The minimum absolute atomic E-state index is 0.225. The molecule has 2 aromatic rings. The summed E-state index contributed by atoms with van der Waals surface area (Å²) in [4.78, 5) is 3.40. The standard InChI is InChI=1S/C16H22N2O/c1-11-8-12-9-15(19-2)13(10-14(12)18-11)16(17)6-4-3-5-7-16/h8-10,18H,3-7,17H2,1-2H3. The Bertz CT molecular complexity index is 594. The van der Waals surface area contributed by atoms with Crippen LogP contribution < -0.4 is 10.5 Å². The Kier molecular flexibility index (Phi) is 3.02. The van der Waals surface area contributed by atoms with Gasteiger partial charge in [0.05, 0.1) is 7.11 Å². The van der Waals surface area contributed by atoms with Gasteiger partial charge in [0.1, 0.15) is 5.75 Å². The average molecular weight is 258 g/mol. The summed E-state index contributed by atoms with van der Waals surface area (Å²) in [7, 11) is 1.73. The van der Waals surface area contributed by atoms with E-state index in [1.54, 1.807) is 7.11 Å². The monoisotopic (exact) mass is 258 g/mol. The number of nitrogens with one attached hydrogen (secondary N) is 1. The van der Waals surface area contributed by atoms with Crippen LogP contribution in [0.15, 0.2) is 18.2 Å². The fourth-order valence-corrected chi connectivity index (χ4v) is 3.31. The topological polar surface area (TPSA) is 51.0 Å². The number of aryl methyl sites for hydroxylation is 1. The molecule has 1 aromatic carbocycles. The fraction of sp³-hybridized carbons (Fsp3) is 0.500. The lowest BCUT2D eigenvalue weighted by molar-refractivity contribution is 0.289. The molecule has 102 valence electrons. The van der Waals surface area contributed by atoms with Gasteiger partial charge in [-0.25, -0.2) is 0 Å². The summed E-state index contributed by atoms with van der Waals surface area (Å²) in [5.74, 6) is 0.927. The third-order valence-corrected chi connectivity index (χ3v) is 4.36. The SMILES string of the molecule is COc1cc2cc(C)[nH]c2cc1C1(N)CCCCC1. The normalized spacial score (nSPS) is 18.7. The molecule has 1 heterocycles. The lowest BCUT2D eigenvalue weighted by atomic mass is 9.77. The van der Waals surface area contributed by atoms with Gasteiger partial charge in [-0.3, -0.25) is 0 Å². The molecule has 0 aliphatic heterocycles. The van der Waals surface area contributed by atoms with Gasteiger partial charge in [0.15, 0.2) is 0 Å². The van der Waals surface area contributed by atoms with Crippen LogP contribution in [0.1, 0.15) is 43.4 Å². The first kappa shape index (κ1) is 12.5. The Morgan fingerprint density at radius 1 is 1.16 bits per heavy atom. The van der Waals surface area contributed by atoms with E-state index in [0.29, 0.717) is 0 Å². The molecule has 0 unspecified atom stereocenters. The molecule has 0 radical (unpaired) electrons. The zero-order valence-corrected chi connectivity index (χ0v) is 11.8. The summed E-state index contributed by atoms with van der Waals surface area (Å²) >= 11 is 0. The maximum atomic E-state index is 6.66. The third-order valence-electron chi connectivity index (χ3n) is 4.36. The molecule has 3 heteroatoms. The predicted molar refractivity (Wildman–Crippen MR) is 78.5 cm³/mol. The molecule has 3 nitrogen and oxygen atoms in total. The van der Waals surface area contributed by atoms with E-state index in [2.05, 4.69) is 30.1 Å². The molecule has 3 rings (SSSR count). The van der Waals surface area contributed by atoms with Crippen LogP contribution in [0.5, 0.6) is 5.75 Å². The number of hydrogen-bond acceptors (Lipinski definition) is 2. The van der Waals surface area contributed by atoms with E-state index in [9.17, 15) is 0 Å². The first-order chi connectivity index (χ1) is 9.12. The number of benzene rings is 1. The molecule has 3 N–H and O–H groups in total. The molecular formula is C16H22N2O. The van der Waals surface area contributed by atoms with E-state index in [1.807, 2.05) is 0 Å². The molecule has 1 saturated carbocycles. The van der Waals surface area contributed by atoms with Crippen LogP contribution in [0.3, 0.4) is 0 Å². The number of aromatic amines is 1. The van der Waals surface area contributed by atoms with Gasteiger partial charge in [-0.15, -0.1) is 0 Å². The van der Waals surface area contributed by atoms with Gasteiger partial charge in [-0.05, 0) is 38.0 Å². The highest BCUT2D eigenvalue weighted by atomic mass is 16.5. The zero-order valence-electron chi connectivity index (χ0n) is 11.8. The number of methoxy groups -OCH3 is 1. The molecule has 0 atom stereocenters. The predicted octanol–water partition coefficient (Wildman–Crippen LogP) is 3.60. The lowest BCUT2D eigenvalue weighted by Crippen LogP contribution is -2.38. The van der Waals surface area contributed by atoms with E-state index < -0.39 is 0 Å². The molecule has 0 bridgehead atoms. The van der Waals surface area contributed by atoms with Gasteiger partial charge >= 0.3 is 0 Å². The minimum Gasteiger partial charge on any atom is -0.496 e. The fourth-order valence-electron chi connectivity index (χ4n) is 3.31. The van der Waals surface area contributed by atoms with Crippen molar-refractivity contribution in [3.8, 4) is 5.75 Å². The van der Waals surface area contributed by atoms with Crippen LogP contribution in [0, 0.1) is 6.92 Å². The van der Waals surface area contributed by atoms with Gasteiger partial charge in [-0.2, -0.15) is 0 Å².